The fraction of sp³-hybridized carbons (Fsp3) is 0.474. The lowest BCUT2D eigenvalue weighted by atomic mass is 9.94. The highest BCUT2D eigenvalue weighted by Crippen LogP contribution is 2.31. The smallest absolute Gasteiger partial charge is 0.0323 e. The predicted octanol–water partition coefficient (Wildman–Crippen LogP) is 4.10. The topological polar surface area (TPSA) is 29.3 Å². The minimum atomic E-state index is 0.478. The molecule has 1 aliphatic rings. The van der Waals surface area contributed by atoms with Crippen molar-refractivity contribution >= 4 is 10.8 Å². The molecule has 2 aromatic rings. The van der Waals surface area contributed by atoms with Crippen molar-refractivity contribution in [1.29, 1.82) is 0 Å². The molecule has 2 nitrogen and oxygen atoms in total. The fourth-order valence-electron chi connectivity index (χ4n) is 3.69. The molecule has 21 heavy (non-hydrogen) atoms. The van der Waals surface area contributed by atoms with E-state index in [1.807, 2.05) is 0 Å². The number of likely N-dealkylation sites (tertiary alicyclic amines) is 1. The molecule has 2 unspecified atom stereocenters. The second-order valence-corrected chi connectivity index (χ2v) is 6.25. The van der Waals surface area contributed by atoms with E-state index in [2.05, 4.69) is 54.3 Å². The number of rotatable bonds is 4. The molecule has 1 heterocycles. The highest BCUT2D eigenvalue weighted by molar-refractivity contribution is 5.83. The van der Waals surface area contributed by atoms with Crippen LogP contribution in [0.4, 0.5) is 0 Å². The number of benzene rings is 2. The van der Waals surface area contributed by atoms with Gasteiger partial charge in [-0.05, 0) is 61.7 Å². The van der Waals surface area contributed by atoms with E-state index in [9.17, 15) is 0 Å². The highest BCUT2D eigenvalue weighted by Gasteiger charge is 2.26. The number of piperidine rings is 1. The lowest BCUT2D eigenvalue weighted by Crippen LogP contribution is -2.42. The van der Waals surface area contributed by atoms with Crippen molar-refractivity contribution in [2.75, 3.05) is 13.1 Å². The Hall–Kier alpha value is -1.38. The third-order valence-electron chi connectivity index (χ3n) is 4.93. The second kappa shape index (κ2) is 6.59. The Kier molecular flexibility index (Phi) is 4.57. The lowest BCUT2D eigenvalue weighted by molar-refractivity contribution is 0.0985. The SMILES string of the molecule is CC(c1ccc2ccccc2c1)N1CCCCC1CCN. The molecule has 0 saturated carbocycles. The maximum atomic E-state index is 5.81. The fourth-order valence-corrected chi connectivity index (χ4v) is 3.69. The van der Waals surface area contributed by atoms with Gasteiger partial charge in [0.1, 0.15) is 0 Å². The Labute approximate surface area is 127 Å². The Morgan fingerprint density at radius 1 is 1.14 bits per heavy atom. The van der Waals surface area contributed by atoms with Crippen LogP contribution >= 0.6 is 0 Å². The Balaban J connectivity index is 1.85. The summed E-state index contributed by atoms with van der Waals surface area (Å²) in [5, 5.41) is 2.67. The molecular formula is C19H26N2. The maximum Gasteiger partial charge on any atom is 0.0323 e. The minimum Gasteiger partial charge on any atom is -0.330 e. The van der Waals surface area contributed by atoms with Crippen LogP contribution in [0.2, 0.25) is 0 Å². The van der Waals surface area contributed by atoms with Gasteiger partial charge in [-0.15, -0.1) is 0 Å². The van der Waals surface area contributed by atoms with E-state index in [0.717, 1.165) is 13.0 Å². The Morgan fingerprint density at radius 3 is 2.76 bits per heavy atom. The van der Waals surface area contributed by atoms with Crippen molar-refractivity contribution in [3.05, 3.63) is 48.0 Å². The van der Waals surface area contributed by atoms with Crippen LogP contribution in [0.15, 0.2) is 42.5 Å². The number of hydrogen-bond donors (Lipinski definition) is 1. The first kappa shape index (κ1) is 14.6. The average Bonchev–Trinajstić information content (AvgIpc) is 2.54. The van der Waals surface area contributed by atoms with E-state index in [1.165, 1.54) is 42.1 Å². The zero-order valence-corrected chi connectivity index (χ0v) is 13.0. The summed E-state index contributed by atoms with van der Waals surface area (Å²) in [6, 6.07) is 16.7. The van der Waals surface area contributed by atoms with Crippen molar-refractivity contribution < 1.29 is 0 Å². The van der Waals surface area contributed by atoms with Crippen LogP contribution < -0.4 is 5.73 Å². The summed E-state index contributed by atoms with van der Waals surface area (Å²) in [6.07, 6.45) is 5.09. The van der Waals surface area contributed by atoms with E-state index in [4.69, 9.17) is 5.73 Å². The second-order valence-electron chi connectivity index (χ2n) is 6.25. The minimum absolute atomic E-state index is 0.478. The standard InChI is InChI=1S/C19H26N2/c1-15(21-13-5-4-8-19(21)11-12-20)17-10-9-16-6-2-3-7-18(16)14-17/h2-3,6-7,9-10,14-15,19H,4-5,8,11-13,20H2,1H3. The quantitative estimate of drug-likeness (QED) is 0.914. The molecule has 112 valence electrons. The summed E-state index contributed by atoms with van der Waals surface area (Å²) in [7, 11) is 0. The Morgan fingerprint density at radius 2 is 1.95 bits per heavy atom. The molecule has 2 heteroatoms. The summed E-state index contributed by atoms with van der Waals surface area (Å²) in [4.78, 5) is 2.67. The highest BCUT2D eigenvalue weighted by atomic mass is 15.2. The normalized spacial score (nSPS) is 21.5. The molecular weight excluding hydrogens is 256 g/mol. The van der Waals surface area contributed by atoms with Gasteiger partial charge in [0.25, 0.3) is 0 Å². The zero-order chi connectivity index (χ0) is 14.7. The molecule has 0 radical (unpaired) electrons. The van der Waals surface area contributed by atoms with Crippen LogP contribution in [-0.2, 0) is 0 Å². The molecule has 0 bridgehead atoms. The monoisotopic (exact) mass is 282 g/mol. The van der Waals surface area contributed by atoms with Gasteiger partial charge in [0.05, 0.1) is 0 Å². The first-order valence-electron chi connectivity index (χ1n) is 8.24. The van der Waals surface area contributed by atoms with Gasteiger partial charge in [0.15, 0.2) is 0 Å². The molecule has 0 spiro atoms. The third kappa shape index (κ3) is 3.12. The van der Waals surface area contributed by atoms with Crippen LogP contribution in [0.25, 0.3) is 10.8 Å². The van der Waals surface area contributed by atoms with E-state index in [1.54, 1.807) is 0 Å². The molecule has 2 N–H and O–H groups in total. The zero-order valence-electron chi connectivity index (χ0n) is 13.0. The van der Waals surface area contributed by atoms with E-state index in [-0.39, 0.29) is 0 Å². The summed E-state index contributed by atoms with van der Waals surface area (Å²) in [6.45, 7) is 4.35. The summed E-state index contributed by atoms with van der Waals surface area (Å²) in [5.41, 5.74) is 7.24. The maximum absolute atomic E-state index is 5.81. The summed E-state index contributed by atoms with van der Waals surface area (Å²) >= 11 is 0. The first-order valence-corrected chi connectivity index (χ1v) is 8.24. The van der Waals surface area contributed by atoms with Gasteiger partial charge in [-0.25, -0.2) is 0 Å². The molecule has 1 saturated heterocycles. The van der Waals surface area contributed by atoms with E-state index >= 15 is 0 Å². The van der Waals surface area contributed by atoms with Crippen molar-refractivity contribution in [2.24, 2.45) is 5.73 Å². The number of nitrogens with zero attached hydrogens (tertiary/aromatic N) is 1. The van der Waals surface area contributed by atoms with Crippen LogP contribution in [0.1, 0.15) is 44.2 Å². The average molecular weight is 282 g/mol. The third-order valence-corrected chi connectivity index (χ3v) is 4.93. The number of nitrogens with two attached hydrogens (primary N) is 1. The van der Waals surface area contributed by atoms with Gasteiger partial charge in [0, 0.05) is 12.1 Å². The molecule has 0 aromatic heterocycles. The Bertz CT molecular complexity index is 591. The molecule has 0 aliphatic carbocycles. The summed E-state index contributed by atoms with van der Waals surface area (Å²) in [5.74, 6) is 0. The lowest BCUT2D eigenvalue weighted by Gasteiger charge is -2.40. The molecule has 2 atom stereocenters. The molecule has 3 rings (SSSR count). The molecule has 1 fully saturated rings. The van der Waals surface area contributed by atoms with Gasteiger partial charge in [-0.2, -0.15) is 0 Å². The van der Waals surface area contributed by atoms with E-state index in [0.29, 0.717) is 12.1 Å². The first-order chi connectivity index (χ1) is 10.3. The number of fused-ring (bicyclic) bond motifs is 1. The van der Waals surface area contributed by atoms with Crippen molar-refractivity contribution in [1.82, 2.24) is 4.90 Å². The van der Waals surface area contributed by atoms with Crippen molar-refractivity contribution in [2.45, 2.75) is 44.7 Å². The predicted molar refractivity (Wildman–Crippen MR) is 90.4 cm³/mol. The molecule has 1 aliphatic heterocycles. The van der Waals surface area contributed by atoms with Crippen molar-refractivity contribution in [3.63, 3.8) is 0 Å². The van der Waals surface area contributed by atoms with Gasteiger partial charge in [-0.1, -0.05) is 42.8 Å². The van der Waals surface area contributed by atoms with Gasteiger partial charge in [0.2, 0.25) is 0 Å². The van der Waals surface area contributed by atoms with E-state index < -0.39 is 0 Å². The molecule has 2 aromatic carbocycles. The van der Waals surface area contributed by atoms with Crippen LogP contribution in [0, 0.1) is 0 Å². The summed E-state index contributed by atoms with van der Waals surface area (Å²) < 4.78 is 0. The van der Waals surface area contributed by atoms with Gasteiger partial charge in [-0.3, -0.25) is 4.90 Å². The van der Waals surface area contributed by atoms with Gasteiger partial charge >= 0.3 is 0 Å². The van der Waals surface area contributed by atoms with Crippen molar-refractivity contribution in [3.8, 4) is 0 Å². The number of hydrogen-bond acceptors (Lipinski definition) is 2. The van der Waals surface area contributed by atoms with Crippen LogP contribution in [-0.4, -0.2) is 24.0 Å². The van der Waals surface area contributed by atoms with Crippen LogP contribution in [0.3, 0.4) is 0 Å². The molecule has 0 amide bonds. The largest absolute Gasteiger partial charge is 0.330 e. The van der Waals surface area contributed by atoms with Gasteiger partial charge < -0.3 is 5.73 Å². The van der Waals surface area contributed by atoms with Crippen LogP contribution in [0.5, 0.6) is 0 Å².